The van der Waals surface area contributed by atoms with Gasteiger partial charge in [0.2, 0.25) is 5.91 Å². The Hall–Kier alpha value is -2.47. The second kappa shape index (κ2) is 7.40. The van der Waals surface area contributed by atoms with Gasteiger partial charge in [-0.15, -0.1) is 11.3 Å². The lowest BCUT2D eigenvalue weighted by atomic mass is 10.1. The molecule has 6 heteroatoms. The number of nitrogens with zero attached hydrogens (tertiary/aromatic N) is 2. The second-order valence-electron chi connectivity index (χ2n) is 5.81. The Morgan fingerprint density at radius 3 is 2.88 bits per heavy atom. The summed E-state index contributed by atoms with van der Waals surface area (Å²) in [5, 5.41) is 9.67. The summed E-state index contributed by atoms with van der Waals surface area (Å²) < 4.78 is 1.85. The summed E-state index contributed by atoms with van der Waals surface area (Å²) >= 11 is 1.37. The van der Waals surface area contributed by atoms with Crippen LogP contribution >= 0.6 is 11.3 Å². The molecule has 0 saturated heterocycles. The first-order chi connectivity index (χ1) is 11.6. The minimum Gasteiger partial charge on any atom is -0.352 e. The second-order valence-corrected chi connectivity index (χ2v) is 6.72. The number of aromatic nitrogens is 2. The quantitative estimate of drug-likeness (QED) is 0.749. The fraction of sp³-hybridized carbons (Fsp3) is 0.278. The molecule has 3 rings (SSSR count). The first-order valence-electron chi connectivity index (χ1n) is 7.90. The number of rotatable bonds is 6. The van der Waals surface area contributed by atoms with Crippen LogP contribution in [0.1, 0.15) is 18.9 Å². The highest BCUT2D eigenvalue weighted by atomic mass is 32.1. The summed E-state index contributed by atoms with van der Waals surface area (Å²) in [5.41, 5.74) is 1.04. The highest BCUT2D eigenvalue weighted by molar-refractivity contribution is 7.17. The highest BCUT2D eigenvalue weighted by Gasteiger charge is 2.11. The first kappa shape index (κ1) is 16.4. The van der Waals surface area contributed by atoms with Gasteiger partial charge in [-0.05, 0) is 36.8 Å². The third kappa shape index (κ3) is 3.89. The minimum atomic E-state index is -0.213. The Morgan fingerprint density at radius 1 is 1.29 bits per heavy atom. The SMILES string of the molecule is CC(CCc1ccccc1)NC(=O)Cn1ncc2ccsc2c1=O. The molecule has 2 heterocycles. The van der Waals surface area contributed by atoms with Gasteiger partial charge in [-0.1, -0.05) is 30.3 Å². The van der Waals surface area contributed by atoms with Gasteiger partial charge in [0.25, 0.3) is 5.56 Å². The van der Waals surface area contributed by atoms with E-state index in [1.165, 1.54) is 21.6 Å². The number of thiophene rings is 1. The van der Waals surface area contributed by atoms with Crippen LogP contribution in [0.5, 0.6) is 0 Å². The number of hydrogen-bond donors (Lipinski definition) is 1. The van der Waals surface area contributed by atoms with Gasteiger partial charge in [-0.2, -0.15) is 5.10 Å². The number of benzene rings is 1. The molecule has 2 aromatic heterocycles. The molecule has 0 bridgehead atoms. The molecule has 0 aliphatic carbocycles. The Kier molecular flexibility index (Phi) is 5.05. The lowest BCUT2D eigenvalue weighted by Crippen LogP contribution is -2.38. The predicted molar refractivity (Wildman–Crippen MR) is 96.2 cm³/mol. The molecular weight excluding hydrogens is 322 g/mol. The van der Waals surface area contributed by atoms with Crippen molar-refractivity contribution < 1.29 is 4.79 Å². The molecule has 24 heavy (non-hydrogen) atoms. The molecule has 1 aromatic carbocycles. The summed E-state index contributed by atoms with van der Waals surface area (Å²) in [6.45, 7) is 1.92. The van der Waals surface area contributed by atoms with E-state index in [9.17, 15) is 9.59 Å². The third-order valence-corrected chi connectivity index (χ3v) is 4.79. The molecule has 1 amide bonds. The Morgan fingerprint density at radius 2 is 2.08 bits per heavy atom. The van der Waals surface area contributed by atoms with E-state index in [0.29, 0.717) is 4.70 Å². The van der Waals surface area contributed by atoms with Crippen molar-refractivity contribution >= 4 is 27.3 Å². The van der Waals surface area contributed by atoms with E-state index in [1.54, 1.807) is 6.20 Å². The molecule has 124 valence electrons. The van der Waals surface area contributed by atoms with Gasteiger partial charge in [-0.25, -0.2) is 4.68 Å². The summed E-state index contributed by atoms with van der Waals surface area (Å²) in [5.74, 6) is -0.193. The topological polar surface area (TPSA) is 64.0 Å². The number of carbonyl (C=O) groups excluding carboxylic acids is 1. The van der Waals surface area contributed by atoms with Crippen LogP contribution in [0, 0.1) is 0 Å². The van der Waals surface area contributed by atoms with E-state index in [4.69, 9.17) is 0 Å². The zero-order valence-corrected chi connectivity index (χ0v) is 14.3. The van der Waals surface area contributed by atoms with Crippen LogP contribution in [0.15, 0.2) is 52.8 Å². The summed E-state index contributed by atoms with van der Waals surface area (Å²) in [7, 11) is 0. The van der Waals surface area contributed by atoms with Gasteiger partial charge in [0.1, 0.15) is 11.2 Å². The number of hydrogen-bond acceptors (Lipinski definition) is 4. The van der Waals surface area contributed by atoms with Gasteiger partial charge >= 0.3 is 0 Å². The van der Waals surface area contributed by atoms with E-state index < -0.39 is 0 Å². The van der Waals surface area contributed by atoms with Crippen LogP contribution in [0.25, 0.3) is 10.1 Å². The lowest BCUT2D eigenvalue weighted by molar-refractivity contribution is -0.122. The molecule has 1 N–H and O–H groups in total. The number of nitrogens with one attached hydrogen (secondary N) is 1. The molecular formula is C18H19N3O2S. The molecule has 1 unspecified atom stereocenters. The van der Waals surface area contributed by atoms with Crippen LogP contribution in [-0.2, 0) is 17.8 Å². The van der Waals surface area contributed by atoms with Crippen LogP contribution in [0.3, 0.4) is 0 Å². The lowest BCUT2D eigenvalue weighted by Gasteiger charge is -2.14. The maximum Gasteiger partial charge on any atom is 0.285 e. The Balaban J connectivity index is 1.56. The van der Waals surface area contributed by atoms with E-state index in [0.717, 1.165) is 18.2 Å². The van der Waals surface area contributed by atoms with Crippen LogP contribution in [-0.4, -0.2) is 21.7 Å². The summed E-state index contributed by atoms with van der Waals surface area (Å²) in [4.78, 5) is 24.4. The Bertz CT molecular complexity index is 886. The van der Waals surface area contributed by atoms with E-state index in [2.05, 4.69) is 22.5 Å². The molecule has 3 aromatic rings. The van der Waals surface area contributed by atoms with Crippen molar-refractivity contribution in [3.05, 3.63) is 63.9 Å². The van der Waals surface area contributed by atoms with Crippen LogP contribution in [0.4, 0.5) is 0 Å². The largest absolute Gasteiger partial charge is 0.352 e. The molecule has 0 aliphatic rings. The average molecular weight is 341 g/mol. The Labute approximate surface area is 143 Å². The van der Waals surface area contributed by atoms with Gasteiger partial charge < -0.3 is 5.32 Å². The maximum absolute atomic E-state index is 12.3. The zero-order valence-electron chi connectivity index (χ0n) is 13.4. The molecule has 0 radical (unpaired) electrons. The fourth-order valence-corrected chi connectivity index (χ4v) is 3.38. The summed E-state index contributed by atoms with van der Waals surface area (Å²) in [6, 6.07) is 12.1. The molecule has 0 aliphatic heterocycles. The minimum absolute atomic E-state index is 0.0406. The van der Waals surface area contributed by atoms with Crippen molar-refractivity contribution in [3.63, 3.8) is 0 Å². The monoisotopic (exact) mass is 341 g/mol. The van der Waals surface area contributed by atoms with Gasteiger partial charge in [-0.3, -0.25) is 9.59 Å². The van der Waals surface area contributed by atoms with Crippen molar-refractivity contribution in [3.8, 4) is 0 Å². The van der Waals surface area contributed by atoms with Crippen molar-refractivity contribution in [2.45, 2.75) is 32.4 Å². The molecule has 5 nitrogen and oxygen atoms in total. The average Bonchev–Trinajstić information content (AvgIpc) is 3.06. The van der Waals surface area contributed by atoms with Crippen LogP contribution in [0.2, 0.25) is 0 Å². The van der Waals surface area contributed by atoms with E-state index in [-0.39, 0.29) is 24.1 Å². The fourth-order valence-electron chi connectivity index (χ4n) is 2.57. The molecule has 1 atom stereocenters. The molecule has 0 saturated carbocycles. The standard InChI is InChI=1S/C18H19N3O2S/c1-13(7-8-14-5-3-2-4-6-14)20-16(22)12-21-18(23)17-15(11-19-21)9-10-24-17/h2-6,9-11,13H,7-8,12H2,1H3,(H,20,22). The van der Waals surface area contributed by atoms with Crippen molar-refractivity contribution in [1.29, 1.82) is 0 Å². The highest BCUT2D eigenvalue weighted by Crippen LogP contribution is 2.14. The number of amides is 1. The molecule has 0 fully saturated rings. The number of aryl methyl sites for hydroxylation is 1. The third-order valence-electron chi connectivity index (χ3n) is 3.87. The van der Waals surface area contributed by atoms with Crippen molar-refractivity contribution in [2.75, 3.05) is 0 Å². The maximum atomic E-state index is 12.3. The zero-order chi connectivity index (χ0) is 16.9. The summed E-state index contributed by atoms with van der Waals surface area (Å²) in [6.07, 6.45) is 3.38. The van der Waals surface area contributed by atoms with Crippen LogP contribution < -0.4 is 10.9 Å². The van der Waals surface area contributed by atoms with Crippen molar-refractivity contribution in [2.24, 2.45) is 0 Å². The van der Waals surface area contributed by atoms with Gasteiger partial charge in [0.15, 0.2) is 0 Å². The molecule has 0 spiro atoms. The van der Waals surface area contributed by atoms with E-state index >= 15 is 0 Å². The number of fused-ring (bicyclic) bond motifs is 1. The van der Waals surface area contributed by atoms with Gasteiger partial charge in [0, 0.05) is 11.4 Å². The smallest absolute Gasteiger partial charge is 0.285 e. The number of carbonyl (C=O) groups is 1. The first-order valence-corrected chi connectivity index (χ1v) is 8.78. The van der Waals surface area contributed by atoms with Gasteiger partial charge in [0.05, 0.1) is 6.20 Å². The predicted octanol–water partition coefficient (Wildman–Crippen LogP) is 2.60. The normalized spacial score (nSPS) is 12.2. The van der Waals surface area contributed by atoms with E-state index in [1.807, 2.05) is 36.6 Å². The van der Waals surface area contributed by atoms with Crippen molar-refractivity contribution in [1.82, 2.24) is 15.1 Å².